The van der Waals surface area contributed by atoms with Crippen molar-refractivity contribution in [3.8, 4) is 6.07 Å². The van der Waals surface area contributed by atoms with E-state index < -0.39 is 10.8 Å². The Labute approximate surface area is 105 Å². The van der Waals surface area contributed by atoms with Crippen molar-refractivity contribution in [2.75, 3.05) is 0 Å². The molecule has 0 aromatic heterocycles. The van der Waals surface area contributed by atoms with Crippen molar-refractivity contribution in [1.82, 2.24) is 0 Å². The maximum absolute atomic E-state index is 12.1. The van der Waals surface area contributed by atoms with Crippen LogP contribution in [-0.4, -0.2) is 10.7 Å². The van der Waals surface area contributed by atoms with Crippen LogP contribution in [0.4, 0.5) is 5.69 Å². The summed E-state index contributed by atoms with van der Waals surface area (Å²) in [6, 6.07) is 6.14. The molecule has 0 N–H and O–H groups in total. The van der Waals surface area contributed by atoms with Crippen LogP contribution < -0.4 is 0 Å². The Morgan fingerprint density at radius 3 is 2.44 bits per heavy atom. The van der Waals surface area contributed by atoms with Gasteiger partial charge in [-0.25, -0.2) is 0 Å². The van der Waals surface area contributed by atoms with Gasteiger partial charge in [0.15, 0.2) is 5.78 Å². The second kappa shape index (κ2) is 5.41. The van der Waals surface area contributed by atoms with Crippen molar-refractivity contribution in [3.05, 3.63) is 39.4 Å². The number of nitrogens with zero attached hydrogens (tertiary/aromatic N) is 2. The highest BCUT2D eigenvalue weighted by Crippen LogP contribution is 2.22. The number of aryl methyl sites for hydroxylation is 1. The van der Waals surface area contributed by atoms with Gasteiger partial charge in [0.1, 0.15) is 5.92 Å². The molecule has 0 heterocycles. The summed E-state index contributed by atoms with van der Waals surface area (Å²) in [5.74, 6) is -1.09. The van der Waals surface area contributed by atoms with Crippen LogP contribution in [0, 0.1) is 40.2 Å². The Kier molecular flexibility index (Phi) is 4.16. The van der Waals surface area contributed by atoms with Gasteiger partial charge in [-0.3, -0.25) is 14.9 Å². The average molecular weight is 246 g/mol. The van der Waals surface area contributed by atoms with E-state index in [1.807, 2.05) is 6.07 Å². The minimum atomic E-state index is -0.717. The zero-order chi connectivity index (χ0) is 13.9. The average Bonchev–Trinajstić information content (AvgIpc) is 2.28. The lowest BCUT2D eigenvalue weighted by Gasteiger charge is -2.11. The van der Waals surface area contributed by atoms with E-state index in [1.54, 1.807) is 20.8 Å². The fraction of sp³-hybridized carbons (Fsp3) is 0.385. The molecular weight excluding hydrogens is 232 g/mol. The second-order valence-electron chi connectivity index (χ2n) is 4.47. The van der Waals surface area contributed by atoms with E-state index in [-0.39, 0.29) is 17.4 Å². The predicted molar refractivity (Wildman–Crippen MR) is 66.1 cm³/mol. The Morgan fingerprint density at radius 2 is 2.06 bits per heavy atom. The van der Waals surface area contributed by atoms with Crippen LogP contribution in [0.3, 0.4) is 0 Å². The number of hydrogen-bond acceptors (Lipinski definition) is 4. The molecule has 0 fully saturated rings. The van der Waals surface area contributed by atoms with E-state index in [1.165, 1.54) is 18.2 Å². The first kappa shape index (κ1) is 13.8. The summed E-state index contributed by atoms with van der Waals surface area (Å²) in [7, 11) is 0. The number of carbonyl (C=O) groups is 1. The lowest BCUT2D eigenvalue weighted by Crippen LogP contribution is -2.18. The van der Waals surface area contributed by atoms with Gasteiger partial charge in [-0.15, -0.1) is 0 Å². The van der Waals surface area contributed by atoms with Crippen molar-refractivity contribution >= 4 is 11.5 Å². The summed E-state index contributed by atoms with van der Waals surface area (Å²) < 4.78 is 0. The summed E-state index contributed by atoms with van der Waals surface area (Å²) in [6.45, 7) is 5.17. The SMILES string of the molecule is Cc1cc(C(=O)C(C#N)C(C)C)ccc1[N+](=O)[O-]. The molecular formula is C13H14N2O3. The fourth-order valence-electron chi connectivity index (χ4n) is 1.70. The highest BCUT2D eigenvalue weighted by molar-refractivity contribution is 5.99. The third-order valence-electron chi connectivity index (χ3n) is 2.77. The van der Waals surface area contributed by atoms with Gasteiger partial charge < -0.3 is 0 Å². The standard InChI is InChI=1S/C13H14N2O3/c1-8(2)11(7-14)13(16)10-4-5-12(15(17)18)9(3)6-10/h4-6,8,11H,1-3H3. The Morgan fingerprint density at radius 1 is 1.44 bits per heavy atom. The van der Waals surface area contributed by atoms with E-state index in [0.717, 1.165) is 0 Å². The summed E-state index contributed by atoms with van der Waals surface area (Å²) in [5.41, 5.74) is 0.745. The Bertz CT molecular complexity index is 530. The molecule has 0 spiro atoms. The van der Waals surface area contributed by atoms with E-state index >= 15 is 0 Å². The number of nitriles is 1. The molecule has 0 aliphatic rings. The third kappa shape index (κ3) is 2.72. The minimum Gasteiger partial charge on any atom is -0.293 e. The second-order valence-corrected chi connectivity index (χ2v) is 4.47. The Hall–Kier alpha value is -2.22. The molecule has 0 aliphatic carbocycles. The number of Topliss-reactive ketones (excluding diaryl/α,β-unsaturated/α-hetero) is 1. The first-order chi connectivity index (χ1) is 8.38. The number of nitro benzene ring substituents is 1. The molecule has 0 saturated heterocycles. The van der Waals surface area contributed by atoms with E-state index in [9.17, 15) is 14.9 Å². The number of rotatable bonds is 4. The molecule has 1 aromatic carbocycles. The highest BCUT2D eigenvalue weighted by atomic mass is 16.6. The number of hydrogen-bond donors (Lipinski definition) is 0. The van der Waals surface area contributed by atoms with E-state index in [2.05, 4.69) is 0 Å². The molecule has 1 atom stereocenters. The quantitative estimate of drug-likeness (QED) is 0.464. The normalized spacial score (nSPS) is 11.9. The molecule has 0 radical (unpaired) electrons. The lowest BCUT2D eigenvalue weighted by atomic mass is 9.88. The van der Waals surface area contributed by atoms with Gasteiger partial charge in [0.2, 0.25) is 0 Å². The topological polar surface area (TPSA) is 84.0 Å². The van der Waals surface area contributed by atoms with Gasteiger partial charge in [0, 0.05) is 17.2 Å². The van der Waals surface area contributed by atoms with Gasteiger partial charge in [0.25, 0.3) is 5.69 Å². The molecule has 1 rings (SSSR count). The Balaban J connectivity index is 3.13. The van der Waals surface area contributed by atoms with Crippen LogP contribution in [-0.2, 0) is 0 Å². The molecule has 5 nitrogen and oxygen atoms in total. The van der Waals surface area contributed by atoms with Crippen LogP contribution in [0.15, 0.2) is 18.2 Å². The van der Waals surface area contributed by atoms with Gasteiger partial charge in [-0.1, -0.05) is 13.8 Å². The zero-order valence-corrected chi connectivity index (χ0v) is 10.5. The van der Waals surface area contributed by atoms with Gasteiger partial charge in [-0.05, 0) is 25.0 Å². The summed E-state index contributed by atoms with van der Waals surface area (Å²) in [5, 5.41) is 19.6. The monoisotopic (exact) mass is 246 g/mol. The predicted octanol–water partition coefficient (Wildman–Crippen LogP) is 2.88. The number of ketones is 1. The minimum absolute atomic E-state index is 0.0235. The largest absolute Gasteiger partial charge is 0.293 e. The van der Waals surface area contributed by atoms with Crippen molar-refractivity contribution in [2.45, 2.75) is 20.8 Å². The number of nitro groups is 1. The molecule has 5 heteroatoms. The van der Waals surface area contributed by atoms with Gasteiger partial charge in [-0.2, -0.15) is 5.26 Å². The molecule has 1 aromatic rings. The van der Waals surface area contributed by atoms with Crippen molar-refractivity contribution in [1.29, 1.82) is 5.26 Å². The summed E-state index contributed by atoms with van der Waals surface area (Å²) >= 11 is 0. The van der Waals surface area contributed by atoms with Crippen LogP contribution in [0.25, 0.3) is 0 Å². The van der Waals surface area contributed by atoms with Crippen LogP contribution in [0.1, 0.15) is 29.8 Å². The van der Waals surface area contributed by atoms with Crippen LogP contribution in [0.5, 0.6) is 0 Å². The van der Waals surface area contributed by atoms with Gasteiger partial charge >= 0.3 is 0 Å². The van der Waals surface area contributed by atoms with E-state index in [4.69, 9.17) is 5.26 Å². The van der Waals surface area contributed by atoms with Crippen LogP contribution in [0.2, 0.25) is 0 Å². The van der Waals surface area contributed by atoms with Crippen molar-refractivity contribution in [2.24, 2.45) is 11.8 Å². The number of carbonyl (C=O) groups excluding carboxylic acids is 1. The van der Waals surface area contributed by atoms with Crippen LogP contribution >= 0.6 is 0 Å². The molecule has 0 saturated carbocycles. The lowest BCUT2D eigenvalue weighted by molar-refractivity contribution is -0.385. The smallest absolute Gasteiger partial charge is 0.272 e. The zero-order valence-electron chi connectivity index (χ0n) is 10.5. The summed E-state index contributed by atoms with van der Waals surface area (Å²) in [4.78, 5) is 22.2. The molecule has 1 unspecified atom stereocenters. The maximum atomic E-state index is 12.1. The summed E-state index contributed by atoms with van der Waals surface area (Å²) in [6.07, 6.45) is 0. The third-order valence-corrected chi connectivity index (χ3v) is 2.77. The highest BCUT2D eigenvalue weighted by Gasteiger charge is 2.24. The molecule has 0 aliphatic heterocycles. The van der Waals surface area contributed by atoms with Crippen molar-refractivity contribution < 1.29 is 9.72 Å². The number of benzene rings is 1. The molecule has 0 bridgehead atoms. The maximum Gasteiger partial charge on any atom is 0.272 e. The molecule has 18 heavy (non-hydrogen) atoms. The first-order valence-corrected chi connectivity index (χ1v) is 5.57. The molecule has 94 valence electrons. The van der Waals surface area contributed by atoms with Gasteiger partial charge in [0.05, 0.1) is 11.0 Å². The fourth-order valence-corrected chi connectivity index (χ4v) is 1.70. The molecule has 0 amide bonds. The van der Waals surface area contributed by atoms with E-state index in [0.29, 0.717) is 11.1 Å². The first-order valence-electron chi connectivity index (χ1n) is 5.57. The van der Waals surface area contributed by atoms with Crippen molar-refractivity contribution in [3.63, 3.8) is 0 Å².